The van der Waals surface area contributed by atoms with Crippen molar-refractivity contribution < 1.29 is 14.2 Å². The van der Waals surface area contributed by atoms with Crippen LogP contribution in [0.3, 0.4) is 0 Å². The fourth-order valence-electron chi connectivity index (χ4n) is 1.45. The van der Waals surface area contributed by atoms with Crippen molar-refractivity contribution in [3.8, 4) is 0 Å². The Morgan fingerprint density at radius 3 is 2.18 bits per heavy atom. The van der Waals surface area contributed by atoms with Gasteiger partial charge < -0.3 is 14.2 Å². The molecule has 0 amide bonds. The Morgan fingerprint density at radius 2 is 1.65 bits per heavy atom. The van der Waals surface area contributed by atoms with Crippen LogP contribution >= 0.6 is 0 Å². The first-order valence-electron chi connectivity index (χ1n) is 6.76. The van der Waals surface area contributed by atoms with Crippen LogP contribution in [0.4, 0.5) is 0 Å². The molecule has 0 atom stereocenters. The third-order valence-electron chi connectivity index (χ3n) is 2.31. The number of ether oxygens (including phenoxy) is 3. The summed E-state index contributed by atoms with van der Waals surface area (Å²) in [6.07, 6.45) is 10.2. The van der Waals surface area contributed by atoms with E-state index in [1.807, 2.05) is 0 Å². The van der Waals surface area contributed by atoms with Crippen LogP contribution in [0.2, 0.25) is 0 Å². The summed E-state index contributed by atoms with van der Waals surface area (Å²) in [6.45, 7) is 5.81. The Labute approximate surface area is 106 Å². The number of rotatable bonds is 12. The molecule has 0 N–H and O–H groups in total. The number of hydrogen-bond donors (Lipinski definition) is 0. The maximum Gasteiger partial charge on any atom is 0.157 e. The van der Waals surface area contributed by atoms with E-state index in [0.29, 0.717) is 0 Å². The van der Waals surface area contributed by atoms with Crippen LogP contribution in [0.1, 0.15) is 52.4 Å². The number of allylic oxidation sites excluding steroid dienone is 1. The molecule has 0 rings (SSSR count). The van der Waals surface area contributed by atoms with Gasteiger partial charge in [0.05, 0.1) is 13.4 Å². The van der Waals surface area contributed by atoms with Crippen LogP contribution in [0.5, 0.6) is 0 Å². The molecular weight excluding hydrogens is 216 g/mol. The summed E-state index contributed by atoms with van der Waals surface area (Å²) in [5.74, 6) is 0. The molecule has 0 spiro atoms. The maximum absolute atomic E-state index is 5.66. The summed E-state index contributed by atoms with van der Waals surface area (Å²) in [5.41, 5.74) is 0. The van der Waals surface area contributed by atoms with E-state index in [1.165, 1.54) is 0 Å². The topological polar surface area (TPSA) is 27.7 Å². The summed E-state index contributed by atoms with van der Waals surface area (Å²) >= 11 is 0. The standard InChI is InChI=1S/C14H28O3/c1-4-11-16-14(17-12-5-2)10-8-6-7-9-13-15-3/h9,13-14H,4-8,10-12H2,1-3H3. The summed E-state index contributed by atoms with van der Waals surface area (Å²) < 4.78 is 16.2. The molecule has 0 aromatic rings. The molecule has 0 fully saturated rings. The van der Waals surface area contributed by atoms with Gasteiger partial charge in [0.1, 0.15) is 0 Å². The third-order valence-corrected chi connectivity index (χ3v) is 2.31. The minimum absolute atomic E-state index is 0.0127. The highest BCUT2D eigenvalue weighted by Gasteiger charge is 2.07. The molecule has 0 aliphatic heterocycles. The van der Waals surface area contributed by atoms with E-state index in [1.54, 1.807) is 13.4 Å². The van der Waals surface area contributed by atoms with Crippen molar-refractivity contribution in [3.63, 3.8) is 0 Å². The molecule has 0 aliphatic carbocycles. The van der Waals surface area contributed by atoms with E-state index in [0.717, 1.165) is 51.7 Å². The van der Waals surface area contributed by atoms with E-state index >= 15 is 0 Å². The second-order valence-corrected chi connectivity index (χ2v) is 4.06. The SMILES string of the molecule is CCCOC(CCCCC=COC)OCCC. The zero-order valence-electron chi connectivity index (χ0n) is 11.6. The monoisotopic (exact) mass is 244 g/mol. The van der Waals surface area contributed by atoms with E-state index in [9.17, 15) is 0 Å². The summed E-state index contributed by atoms with van der Waals surface area (Å²) in [4.78, 5) is 0. The first-order valence-corrected chi connectivity index (χ1v) is 6.76. The average Bonchev–Trinajstić information content (AvgIpc) is 2.35. The summed E-state index contributed by atoms with van der Waals surface area (Å²) in [5, 5.41) is 0. The molecule has 0 radical (unpaired) electrons. The average molecular weight is 244 g/mol. The zero-order chi connectivity index (χ0) is 12.8. The van der Waals surface area contributed by atoms with Gasteiger partial charge in [-0.3, -0.25) is 0 Å². The third kappa shape index (κ3) is 11.7. The smallest absolute Gasteiger partial charge is 0.157 e. The van der Waals surface area contributed by atoms with Gasteiger partial charge in [0.15, 0.2) is 6.29 Å². The maximum atomic E-state index is 5.66. The van der Waals surface area contributed by atoms with Crippen molar-refractivity contribution in [1.29, 1.82) is 0 Å². The highest BCUT2D eigenvalue weighted by molar-refractivity contribution is 4.72. The molecule has 102 valence electrons. The van der Waals surface area contributed by atoms with E-state index in [2.05, 4.69) is 19.9 Å². The summed E-state index contributed by atoms with van der Waals surface area (Å²) in [7, 11) is 1.67. The van der Waals surface area contributed by atoms with Gasteiger partial charge in [0.25, 0.3) is 0 Å². The molecule has 0 saturated carbocycles. The van der Waals surface area contributed by atoms with Gasteiger partial charge in [-0.2, -0.15) is 0 Å². The van der Waals surface area contributed by atoms with Gasteiger partial charge in [-0.25, -0.2) is 0 Å². The van der Waals surface area contributed by atoms with Gasteiger partial charge in [-0.1, -0.05) is 13.8 Å². The fraction of sp³-hybridized carbons (Fsp3) is 0.857. The molecule has 0 aliphatic rings. The van der Waals surface area contributed by atoms with Gasteiger partial charge in [-0.05, 0) is 44.6 Å². The largest absolute Gasteiger partial charge is 0.505 e. The fourth-order valence-corrected chi connectivity index (χ4v) is 1.45. The minimum atomic E-state index is -0.0127. The second kappa shape index (κ2) is 13.5. The second-order valence-electron chi connectivity index (χ2n) is 4.06. The van der Waals surface area contributed by atoms with E-state index < -0.39 is 0 Å². The Bertz CT molecular complexity index is 161. The Kier molecular flexibility index (Phi) is 13.1. The van der Waals surface area contributed by atoms with E-state index in [-0.39, 0.29) is 6.29 Å². The predicted octanol–water partition coefficient (Wildman–Crippen LogP) is 3.89. The molecule has 0 unspecified atom stereocenters. The van der Waals surface area contributed by atoms with Crippen LogP contribution in [0.15, 0.2) is 12.3 Å². The van der Waals surface area contributed by atoms with Crippen LogP contribution in [0, 0.1) is 0 Å². The van der Waals surface area contributed by atoms with Crippen molar-refractivity contribution in [3.05, 3.63) is 12.3 Å². The lowest BCUT2D eigenvalue weighted by Gasteiger charge is -2.17. The zero-order valence-corrected chi connectivity index (χ0v) is 11.6. The van der Waals surface area contributed by atoms with E-state index in [4.69, 9.17) is 14.2 Å². The van der Waals surface area contributed by atoms with Crippen molar-refractivity contribution >= 4 is 0 Å². The molecule has 3 nitrogen and oxygen atoms in total. The van der Waals surface area contributed by atoms with Gasteiger partial charge in [0.2, 0.25) is 0 Å². The highest BCUT2D eigenvalue weighted by Crippen LogP contribution is 2.09. The molecule has 0 aromatic heterocycles. The lowest BCUT2D eigenvalue weighted by atomic mass is 10.2. The first kappa shape index (κ1) is 16.5. The number of unbranched alkanes of at least 4 members (excludes halogenated alkanes) is 2. The molecule has 0 bridgehead atoms. The Morgan fingerprint density at radius 1 is 1.00 bits per heavy atom. The van der Waals surface area contributed by atoms with Crippen molar-refractivity contribution in [2.24, 2.45) is 0 Å². The predicted molar refractivity (Wildman–Crippen MR) is 70.9 cm³/mol. The molecule has 0 aromatic carbocycles. The lowest BCUT2D eigenvalue weighted by Crippen LogP contribution is -2.18. The van der Waals surface area contributed by atoms with Crippen LogP contribution in [-0.4, -0.2) is 26.6 Å². The van der Waals surface area contributed by atoms with Gasteiger partial charge in [0, 0.05) is 13.2 Å². The molecule has 17 heavy (non-hydrogen) atoms. The molecule has 0 heterocycles. The molecule has 0 saturated heterocycles. The van der Waals surface area contributed by atoms with Crippen LogP contribution < -0.4 is 0 Å². The van der Waals surface area contributed by atoms with Gasteiger partial charge in [-0.15, -0.1) is 0 Å². The van der Waals surface area contributed by atoms with Crippen LogP contribution in [0.25, 0.3) is 0 Å². The van der Waals surface area contributed by atoms with Crippen LogP contribution in [-0.2, 0) is 14.2 Å². The Balaban J connectivity index is 3.55. The molecule has 3 heteroatoms. The van der Waals surface area contributed by atoms with Gasteiger partial charge >= 0.3 is 0 Å². The number of hydrogen-bond acceptors (Lipinski definition) is 3. The number of methoxy groups -OCH3 is 1. The van der Waals surface area contributed by atoms with Crippen molar-refractivity contribution in [2.45, 2.75) is 58.7 Å². The van der Waals surface area contributed by atoms with Crippen molar-refractivity contribution in [1.82, 2.24) is 0 Å². The minimum Gasteiger partial charge on any atom is -0.505 e. The Hall–Kier alpha value is -0.540. The normalized spacial score (nSPS) is 11.5. The molecular formula is C14H28O3. The van der Waals surface area contributed by atoms with Crippen molar-refractivity contribution in [2.75, 3.05) is 20.3 Å². The lowest BCUT2D eigenvalue weighted by molar-refractivity contribution is -0.146. The first-order chi connectivity index (χ1) is 8.35. The highest BCUT2D eigenvalue weighted by atomic mass is 16.7. The summed E-state index contributed by atoms with van der Waals surface area (Å²) in [6, 6.07) is 0. The quantitative estimate of drug-likeness (QED) is 0.296.